The van der Waals surface area contributed by atoms with Crippen LogP contribution in [0.25, 0.3) is 16.4 Å². The summed E-state index contributed by atoms with van der Waals surface area (Å²) in [7, 11) is 0. The van der Waals surface area contributed by atoms with Gasteiger partial charge in [-0.15, -0.1) is 20.4 Å². The molecule has 2 aliphatic heterocycles. The molecule has 0 atom stereocenters. The molecule has 0 unspecified atom stereocenters. The van der Waals surface area contributed by atoms with Gasteiger partial charge in [-0.3, -0.25) is 4.79 Å². The van der Waals surface area contributed by atoms with E-state index in [0.717, 1.165) is 45.2 Å². The van der Waals surface area contributed by atoms with Crippen LogP contribution in [-0.2, 0) is 11.3 Å². The number of hydrogen-bond donors (Lipinski definition) is 1. The third-order valence-corrected chi connectivity index (χ3v) is 7.86. The smallest absolute Gasteiger partial charge is 0.327 e. The lowest BCUT2D eigenvalue weighted by molar-refractivity contribution is -0.138. The Morgan fingerprint density at radius 1 is 1.08 bits per heavy atom. The van der Waals surface area contributed by atoms with Crippen LogP contribution in [0.1, 0.15) is 24.0 Å². The van der Waals surface area contributed by atoms with E-state index in [4.69, 9.17) is 33.0 Å². The summed E-state index contributed by atoms with van der Waals surface area (Å²) in [6, 6.07) is 13.5. The number of ether oxygens (including phenoxy) is 1. The number of fused-ring (bicyclic) bond motifs is 1. The summed E-state index contributed by atoms with van der Waals surface area (Å²) in [6.45, 7) is 1.04. The normalized spacial score (nSPS) is 16.3. The molecule has 0 aliphatic carbocycles. The molecule has 4 aromatic rings. The molecule has 0 radical (unpaired) electrons. The van der Waals surface area contributed by atoms with E-state index >= 15 is 0 Å². The maximum Gasteiger partial charge on any atom is 0.327 e. The molecular formula is C24H19Cl2N7O3S. The van der Waals surface area contributed by atoms with Crippen LogP contribution < -0.4 is 9.64 Å². The molecule has 2 aromatic carbocycles. The monoisotopic (exact) mass is 555 g/mol. The van der Waals surface area contributed by atoms with Crippen LogP contribution in [0.2, 0.25) is 10.0 Å². The summed E-state index contributed by atoms with van der Waals surface area (Å²) in [5.41, 5.74) is 2.46. The van der Waals surface area contributed by atoms with E-state index in [-0.39, 0.29) is 12.4 Å². The van der Waals surface area contributed by atoms with Gasteiger partial charge in [-0.25, -0.2) is 0 Å². The summed E-state index contributed by atoms with van der Waals surface area (Å²) in [4.78, 5) is 14.0. The minimum Gasteiger partial charge on any atom is -0.482 e. The zero-order valence-electron chi connectivity index (χ0n) is 19.2. The van der Waals surface area contributed by atoms with E-state index in [9.17, 15) is 4.79 Å². The third kappa shape index (κ3) is 4.65. The van der Waals surface area contributed by atoms with Crippen LogP contribution in [0, 0.1) is 0 Å². The molecule has 37 heavy (non-hydrogen) atoms. The number of benzene rings is 2. The number of hydrogen-bond acceptors (Lipinski definition) is 9. The van der Waals surface area contributed by atoms with Crippen molar-refractivity contribution in [3.05, 3.63) is 69.7 Å². The highest BCUT2D eigenvalue weighted by molar-refractivity contribution is 7.18. The van der Waals surface area contributed by atoms with Gasteiger partial charge in [-0.05, 0) is 35.1 Å². The van der Waals surface area contributed by atoms with Gasteiger partial charge in [0.25, 0.3) is 0 Å². The van der Waals surface area contributed by atoms with E-state index in [2.05, 4.69) is 36.6 Å². The van der Waals surface area contributed by atoms with Gasteiger partial charge in [0, 0.05) is 47.1 Å². The average Bonchev–Trinajstić information content (AvgIpc) is 3.54. The predicted molar refractivity (Wildman–Crippen MR) is 139 cm³/mol. The Balaban J connectivity index is 1.24. The van der Waals surface area contributed by atoms with Crippen molar-refractivity contribution in [1.29, 1.82) is 0 Å². The lowest BCUT2D eigenvalue weighted by Gasteiger charge is -2.43. The van der Waals surface area contributed by atoms with E-state index in [1.807, 2.05) is 36.4 Å². The van der Waals surface area contributed by atoms with Gasteiger partial charge in [-0.1, -0.05) is 58.8 Å². The number of carboxylic acids is 1. The number of halogens is 2. The lowest BCUT2D eigenvalue weighted by atomic mass is 9.83. The zero-order chi connectivity index (χ0) is 25.6. The first-order valence-corrected chi connectivity index (χ1v) is 13.0. The predicted octanol–water partition coefficient (Wildman–Crippen LogP) is 4.45. The summed E-state index contributed by atoms with van der Waals surface area (Å²) in [5, 5.41) is 31.5. The number of aliphatic carboxylic acids is 1. The Labute approximate surface area is 225 Å². The Bertz CT molecular complexity index is 1530. The standard InChI is InChI=1S/C24H19Cl2N7O3S/c25-14-5-6-15(18(26)11-14)17-12-24(36-19-4-2-1-3-16(17)19)7-9-32(10-8-24)23-29-28-22(37-23)21-27-31-33(30-21)13-20(34)35/h1-6,11-12H,7-10,13H2,(H,34,35). The molecule has 13 heteroatoms. The molecule has 2 aliphatic rings. The first kappa shape index (κ1) is 23.8. The van der Waals surface area contributed by atoms with E-state index in [1.54, 1.807) is 6.07 Å². The van der Waals surface area contributed by atoms with Crippen LogP contribution in [0.5, 0.6) is 5.75 Å². The van der Waals surface area contributed by atoms with Gasteiger partial charge in [0.05, 0.1) is 0 Å². The highest BCUT2D eigenvalue weighted by Gasteiger charge is 2.40. The molecule has 10 nitrogen and oxygen atoms in total. The molecule has 0 bridgehead atoms. The Hall–Kier alpha value is -3.54. The van der Waals surface area contributed by atoms with Crippen LogP contribution in [0.3, 0.4) is 0 Å². The number of aromatic nitrogens is 6. The molecule has 1 saturated heterocycles. The van der Waals surface area contributed by atoms with Crippen molar-refractivity contribution in [1.82, 2.24) is 30.4 Å². The van der Waals surface area contributed by atoms with Crippen LogP contribution in [0.4, 0.5) is 5.13 Å². The summed E-state index contributed by atoms with van der Waals surface area (Å²) >= 11 is 14.1. The van der Waals surface area contributed by atoms with Crippen molar-refractivity contribution in [2.24, 2.45) is 0 Å². The van der Waals surface area contributed by atoms with E-state index in [0.29, 0.717) is 28.1 Å². The van der Waals surface area contributed by atoms with Crippen molar-refractivity contribution in [2.45, 2.75) is 25.0 Å². The van der Waals surface area contributed by atoms with Crippen LogP contribution >= 0.6 is 34.5 Å². The quantitative estimate of drug-likeness (QED) is 0.380. The van der Waals surface area contributed by atoms with Gasteiger partial charge < -0.3 is 14.7 Å². The molecule has 1 N–H and O–H groups in total. The first-order valence-electron chi connectivity index (χ1n) is 11.4. The number of rotatable bonds is 5. The number of carboxylic acid groups (broad SMARTS) is 1. The van der Waals surface area contributed by atoms with Crippen molar-refractivity contribution in [2.75, 3.05) is 18.0 Å². The van der Waals surface area contributed by atoms with Gasteiger partial charge in [-0.2, -0.15) is 4.80 Å². The molecule has 1 spiro atoms. The second-order valence-corrected chi connectivity index (χ2v) is 10.6. The summed E-state index contributed by atoms with van der Waals surface area (Å²) in [6.07, 6.45) is 3.66. The van der Waals surface area contributed by atoms with Crippen molar-refractivity contribution in [3.8, 4) is 16.6 Å². The topological polar surface area (TPSA) is 119 Å². The second kappa shape index (κ2) is 9.40. The van der Waals surface area contributed by atoms with Gasteiger partial charge >= 0.3 is 5.97 Å². The first-order chi connectivity index (χ1) is 17.9. The summed E-state index contributed by atoms with van der Waals surface area (Å²) in [5.74, 6) is 0.0264. The third-order valence-electron chi connectivity index (χ3n) is 6.33. The lowest BCUT2D eigenvalue weighted by Crippen LogP contribution is -2.48. The zero-order valence-corrected chi connectivity index (χ0v) is 21.5. The number of anilines is 1. The SMILES string of the molecule is O=C(O)Cn1nnc(-c2nnc(N3CCC4(C=C(c5ccc(Cl)cc5Cl)c5ccccc5O4)CC3)s2)n1. The highest BCUT2D eigenvalue weighted by atomic mass is 35.5. The van der Waals surface area contributed by atoms with E-state index < -0.39 is 11.6 Å². The Morgan fingerprint density at radius 3 is 2.68 bits per heavy atom. The fourth-order valence-corrected chi connectivity index (χ4v) is 5.90. The summed E-state index contributed by atoms with van der Waals surface area (Å²) < 4.78 is 6.59. The Morgan fingerprint density at radius 2 is 1.89 bits per heavy atom. The number of nitrogens with zero attached hydrogens (tertiary/aromatic N) is 7. The molecular weight excluding hydrogens is 537 g/mol. The number of para-hydroxylation sites is 1. The molecule has 188 valence electrons. The number of carbonyl (C=O) groups is 1. The molecule has 0 amide bonds. The molecule has 1 fully saturated rings. The van der Waals surface area contributed by atoms with Gasteiger partial charge in [0.2, 0.25) is 11.0 Å². The second-order valence-electron chi connectivity index (χ2n) is 8.76. The largest absolute Gasteiger partial charge is 0.482 e. The average molecular weight is 556 g/mol. The van der Waals surface area contributed by atoms with Gasteiger partial charge in [0.15, 0.2) is 11.6 Å². The molecule has 2 aromatic heterocycles. The van der Waals surface area contributed by atoms with Crippen molar-refractivity contribution < 1.29 is 14.6 Å². The molecule has 0 saturated carbocycles. The minimum atomic E-state index is -1.05. The highest BCUT2D eigenvalue weighted by Crippen LogP contribution is 2.45. The number of piperidine rings is 1. The minimum absolute atomic E-state index is 0.248. The maximum absolute atomic E-state index is 10.9. The van der Waals surface area contributed by atoms with Crippen LogP contribution in [0.15, 0.2) is 48.5 Å². The fraction of sp³-hybridized carbons (Fsp3) is 0.250. The van der Waals surface area contributed by atoms with Gasteiger partial charge in [0.1, 0.15) is 11.4 Å². The molecule has 4 heterocycles. The van der Waals surface area contributed by atoms with Crippen LogP contribution in [-0.4, -0.2) is 60.2 Å². The Kier molecular flexibility index (Phi) is 6.06. The fourth-order valence-electron chi connectivity index (χ4n) is 4.57. The molecule has 6 rings (SSSR count). The van der Waals surface area contributed by atoms with Crippen molar-refractivity contribution in [3.63, 3.8) is 0 Å². The van der Waals surface area contributed by atoms with Crippen molar-refractivity contribution >= 4 is 51.2 Å². The maximum atomic E-state index is 10.9. The van der Waals surface area contributed by atoms with E-state index in [1.165, 1.54) is 11.3 Å². The number of tetrazole rings is 1.